The maximum Gasteiger partial charge on any atom is 0.317 e. The van der Waals surface area contributed by atoms with Gasteiger partial charge in [-0.2, -0.15) is 0 Å². The molecule has 4 aliphatic rings. The molecule has 4 fully saturated rings. The SMILES string of the molecule is O=C(NC1CCC(C2CCC(NC(=O)N3CCNCC3)CC2)CC1)N1CCNCC1. The molecule has 2 saturated carbocycles. The van der Waals surface area contributed by atoms with Gasteiger partial charge in [-0.05, 0) is 63.2 Å². The van der Waals surface area contributed by atoms with Crippen LogP contribution in [0.3, 0.4) is 0 Å². The summed E-state index contributed by atoms with van der Waals surface area (Å²) in [5.74, 6) is 1.59. The first-order valence-corrected chi connectivity index (χ1v) is 12.2. The smallest absolute Gasteiger partial charge is 0.317 e. The third-order valence-corrected chi connectivity index (χ3v) is 7.67. The van der Waals surface area contributed by atoms with Crippen LogP contribution in [0, 0.1) is 11.8 Å². The molecular formula is C22H40N6O2. The van der Waals surface area contributed by atoms with Crippen molar-refractivity contribution in [3.05, 3.63) is 0 Å². The minimum absolute atomic E-state index is 0.126. The van der Waals surface area contributed by atoms with E-state index in [9.17, 15) is 9.59 Å². The first kappa shape index (κ1) is 21.7. The Morgan fingerprint density at radius 3 is 1.23 bits per heavy atom. The van der Waals surface area contributed by atoms with Crippen LogP contribution in [0.1, 0.15) is 51.4 Å². The van der Waals surface area contributed by atoms with Gasteiger partial charge in [-0.1, -0.05) is 0 Å². The van der Waals surface area contributed by atoms with E-state index < -0.39 is 0 Å². The van der Waals surface area contributed by atoms with E-state index >= 15 is 0 Å². The molecule has 0 aromatic rings. The third-order valence-electron chi connectivity index (χ3n) is 7.67. The Balaban J connectivity index is 1.13. The molecule has 0 atom stereocenters. The van der Waals surface area contributed by atoms with Gasteiger partial charge in [-0.25, -0.2) is 9.59 Å². The van der Waals surface area contributed by atoms with Gasteiger partial charge in [0.05, 0.1) is 0 Å². The molecule has 0 bridgehead atoms. The van der Waals surface area contributed by atoms with E-state index in [0.717, 1.165) is 89.9 Å². The van der Waals surface area contributed by atoms with E-state index in [-0.39, 0.29) is 12.1 Å². The first-order chi connectivity index (χ1) is 14.7. The Kier molecular flexibility index (Phi) is 7.71. The summed E-state index contributed by atoms with van der Waals surface area (Å²) in [6, 6.07) is 0.943. The molecule has 8 heteroatoms. The number of amides is 4. The maximum atomic E-state index is 12.4. The predicted molar refractivity (Wildman–Crippen MR) is 117 cm³/mol. The fraction of sp³-hybridized carbons (Fsp3) is 0.909. The van der Waals surface area contributed by atoms with Gasteiger partial charge < -0.3 is 31.1 Å². The second kappa shape index (κ2) is 10.7. The second-order valence-electron chi connectivity index (χ2n) is 9.60. The van der Waals surface area contributed by atoms with Crippen LogP contribution in [0.2, 0.25) is 0 Å². The third kappa shape index (κ3) is 5.78. The zero-order valence-corrected chi connectivity index (χ0v) is 18.3. The molecule has 0 aromatic carbocycles. The van der Waals surface area contributed by atoms with Gasteiger partial charge in [0.25, 0.3) is 0 Å². The molecule has 2 saturated heterocycles. The molecule has 4 N–H and O–H groups in total. The van der Waals surface area contributed by atoms with Crippen LogP contribution >= 0.6 is 0 Å². The van der Waals surface area contributed by atoms with Crippen molar-refractivity contribution >= 4 is 12.1 Å². The highest BCUT2D eigenvalue weighted by atomic mass is 16.2. The summed E-state index contributed by atoms with van der Waals surface area (Å²) in [6.07, 6.45) is 9.38. The van der Waals surface area contributed by atoms with Crippen molar-refractivity contribution < 1.29 is 9.59 Å². The van der Waals surface area contributed by atoms with Crippen LogP contribution in [-0.4, -0.2) is 86.3 Å². The summed E-state index contributed by atoms with van der Waals surface area (Å²) in [6.45, 7) is 6.87. The average molecular weight is 421 g/mol. The van der Waals surface area contributed by atoms with Crippen molar-refractivity contribution in [1.82, 2.24) is 31.1 Å². The van der Waals surface area contributed by atoms with E-state index in [1.807, 2.05) is 9.80 Å². The number of urea groups is 2. The Labute approximate surface area is 180 Å². The van der Waals surface area contributed by atoms with Crippen LogP contribution in [0.5, 0.6) is 0 Å². The Morgan fingerprint density at radius 1 is 0.567 bits per heavy atom. The van der Waals surface area contributed by atoms with E-state index in [0.29, 0.717) is 12.1 Å². The summed E-state index contributed by atoms with van der Waals surface area (Å²) < 4.78 is 0. The fourth-order valence-electron chi connectivity index (χ4n) is 5.74. The van der Waals surface area contributed by atoms with Gasteiger partial charge in [-0.15, -0.1) is 0 Å². The Morgan fingerprint density at radius 2 is 0.900 bits per heavy atom. The number of nitrogens with one attached hydrogen (secondary N) is 4. The minimum Gasteiger partial charge on any atom is -0.335 e. The van der Waals surface area contributed by atoms with Crippen molar-refractivity contribution in [2.24, 2.45) is 11.8 Å². The summed E-state index contributed by atoms with van der Waals surface area (Å²) in [5, 5.41) is 13.1. The molecule has 0 radical (unpaired) electrons. The summed E-state index contributed by atoms with van der Waals surface area (Å²) >= 11 is 0. The lowest BCUT2D eigenvalue weighted by Crippen LogP contribution is -2.53. The highest BCUT2D eigenvalue weighted by Crippen LogP contribution is 2.38. The Hall–Kier alpha value is -1.54. The minimum atomic E-state index is 0.126. The van der Waals surface area contributed by atoms with Gasteiger partial charge in [0.2, 0.25) is 0 Å². The van der Waals surface area contributed by atoms with Crippen molar-refractivity contribution in [3.63, 3.8) is 0 Å². The molecule has 2 aliphatic carbocycles. The molecule has 0 unspecified atom stereocenters. The van der Waals surface area contributed by atoms with Gasteiger partial charge in [0, 0.05) is 64.4 Å². The van der Waals surface area contributed by atoms with E-state index in [1.165, 1.54) is 25.7 Å². The molecule has 8 nitrogen and oxygen atoms in total. The van der Waals surface area contributed by atoms with Crippen molar-refractivity contribution in [1.29, 1.82) is 0 Å². The molecule has 2 aliphatic heterocycles. The Bertz CT molecular complexity index is 510. The number of rotatable bonds is 3. The molecular weight excluding hydrogens is 380 g/mol. The van der Waals surface area contributed by atoms with Crippen molar-refractivity contribution in [2.45, 2.75) is 63.5 Å². The van der Waals surface area contributed by atoms with E-state index in [4.69, 9.17) is 0 Å². The average Bonchev–Trinajstić information content (AvgIpc) is 2.81. The predicted octanol–water partition coefficient (Wildman–Crippen LogP) is 1.33. The highest BCUT2D eigenvalue weighted by molar-refractivity contribution is 5.75. The summed E-state index contributed by atoms with van der Waals surface area (Å²) in [7, 11) is 0. The maximum absolute atomic E-state index is 12.4. The lowest BCUT2D eigenvalue weighted by Gasteiger charge is -2.39. The second-order valence-corrected chi connectivity index (χ2v) is 9.60. The molecule has 4 amide bonds. The van der Waals surface area contributed by atoms with E-state index in [2.05, 4.69) is 21.3 Å². The molecule has 170 valence electrons. The quantitative estimate of drug-likeness (QED) is 0.555. The topological polar surface area (TPSA) is 88.7 Å². The zero-order chi connectivity index (χ0) is 20.8. The van der Waals surface area contributed by atoms with Crippen LogP contribution in [0.15, 0.2) is 0 Å². The number of hydrogen-bond donors (Lipinski definition) is 4. The molecule has 0 aromatic heterocycles. The lowest BCUT2D eigenvalue weighted by molar-refractivity contribution is 0.148. The molecule has 0 spiro atoms. The molecule has 2 heterocycles. The number of nitrogens with zero attached hydrogens (tertiary/aromatic N) is 2. The summed E-state index contributed by atoms with van der Waals surface area (Å²) in [5.41, 5.74) is 0. The van der Waals surface area contributed by atoms with Gasteiger partial charge in [-0.3, -0.25) is 0 Å². The van der Waals surface area contributed by atoms with Gasteiger partial charge >= 0.3 is 12.1 Å². The standard InChI is InChI=1S/C22H40N6O2/c29-21(27-13-9-23-10-14-27)25-19-5-1-17(2-6-19)18-3-7-20(8-4-18)26-22(30)28-15-11-24-12-16-28/h17-20,23-24H,1-16H2,(H,25,29)(H,26,30). The first-order valence-electron chi connectivity index (χ1n) is 12.2. The fourth-order valence-corrected chi connectivity index (χ4v) is 5.74. The van der Waals surface area contributed by atoms with Crippen molar-refractivity contribution in [3.8, 4) is 0 Å². The van der Waals surface area contributed by atoms with Crippen LogP contribution in [-0.2, 0) is 0 Å². The zero-order valence-electron chi connectivity index (χ0n) is 18.3. The van der Waals surface area contributed by atoms with Crippen LogP contribution in [0.25, 0.3) is 0 Å². The normalized spacial score (nSPS) is 33.1. The lowest BCUT2D eigenvalue weighted by atomic mass is 9.71. The van der Waals surface area contributed by atoms with Gasteiger partial charge in [0.1, 0.15) is 0 Å². The number of carbonyl (C=O) groups excluding carboxylic acids is 2. The molecule has 30 heavy (non-hydrogen) atoms. The van der Waals surface area contributed by atoms with Crippen LogP contribution < -0.4 is 21.3 Å². The largest absolute Gasteiger partial charge is 0.335 e. The number of piperazine rings is 2. The van der Waals surface area contributed by atoms with Crippen molar-refractivity contribution in [2.75, 3.05) is 52.4 Å². The monoisotopic (exact) mass is 420 g/mol. The molecule has 4 rings (SSSR count). The number of carbonyl (C=O) groups is 2. The van der Waals surface area contributed by atoms with Crippen LogP contribution in [0.4, 0.5) is 9.59 Å². The highest BCUT2D eigenvalue weighted by Gasteiger charge is 2.32. The number of hydrogen-bond acceptors (Lipinski definition) is 4. The van der Waals surface area contributed by atoms with Gasteiger partial charge in [0.15, 0.2) is 0 Å². The summed E-state index contributed by atoms with van der Waals surface area (Å²) in [4.78, 5) is 28.8. The van der Waals surface area contributed by atoms with E-state index in [1.54, 1.807) is 0 Å².